The average molecular weight is 276 g/mol. The monoisotopic (exact) mass is 276 g/mol. The van der Waals surface area contributed by atoms with Crippen molar-refractivity contribution in [2.45, 2.75) is 45.3 Å². The number of rotatable bonds is 4. The molecule has 3 nitrogen and oxygen atoms in total. The van der Waals surface area contributed by atoms with Gasteiger partial charge in [0.1, 0.15) is 5.75 Å². The van der Waals surface area contributed by atoms with E-state index in [9.17, 15) is 0 Å². The van der Waals surface area contributed by atoms with E-state index < -0.39 is 0 Å². The zero-order valence-corrected chi connectivity index (χ0v) is 13.4. The Morgan fingerprint density at radius 3 is 2.80 bits per heavy atom. The topological polar surface area (TPSA) is 24.5 Å². The van der Waals surface area contributed by atoms with Crippen molar-refractivity contribution in [3.63, 3.8) is 0 Å². The molecule has 4 atom stereocenters. The van der Waals surface area contributed by atoms with E-state index in [1.807, 2.05) is 6.07 Å². The smallest absolute Gasteiger partial charge is 0.119 e. The molecule has 1 aliphatic heterocycles. The molecule has 112 valence electrons. The summed E-state index contributed by atoms with van der Waals surface area (Å²) in [5.74, 6) is 1.62. The molecule has 0 bridgehead atoms. The van der Waals surface area contributed by atoms with Gasteiger partial charge in [-0.25, -0.2) is 0 Å². The van der Waals surface area contributed by atoms with Gasteiger partial charge in [-0.1, -0.05) is 19.1 Å². The van der Waals surface area contributed by atoms with Crippen LogP contribution in [-0.2, 0) is 0 Å². The third-order valence-electron chi connectivity index (χ3n) is 4.67. The zero-order valence-electron chi connectivity index (χ0n) is 13.4. The van der Waals surface area contributed by atoms with E-state index in [0.717, 1.165) is 5.75 Å². The minimum atomic E-state index is 0.355. The first-order valence-electron chi connectivity index (χ1n) is 7.61. The first kappa shape index (κ1) is 15.3. The van der Waals surface area contributed by atoms with Gasteiger partial charge in [0.2, 0.25) is 0 Å². The summed E-state index contributed by atoms with van der Waals surface area (Å²) in [6.07, 6.45) is 1.21. The summed E-state index contributed by atoms with van der Waals surface area (Å²) in [7, 11) is 3.95. The van der Waals surface area contributed by atoms with E-state index in [0.29, 0.717) is 24.0 Å². The van der Waals surface area contributed by atoms with Gasteiger partial charge in [0, 0.05) is 24.7 Å². The van der Waals surface area contributed by atoms with E-state index in [-0.39, 0.29) is 0 Å². The summed E-state index contributed by atoms with van der Waals surface area (Å²) >= 11 is 0. The lowest BCUT2D eigenvalue weighted by atomic mass is 9.89. The van der Waals surface area contributed by atoms with E-state index >= 15 is 0 Å². The fraction of sp³-hybridized carbons (Fsp3) is 0.647. The van der Waals surface area contributed by atoms with Crippen molar-refractivity contribution in [3.05, 3.63) is 29.8 Å². The number of hydrogen-bond acceptors (Lipinski definition) is 3. The van der Waals surface area contributed by atoms with Crippen LogP contribution in [0.4, 0.5) is 0 Å². The summed E-state index contributed by atoms with van der Waals surface area (Å²) in [5.41, 5.74) is 1.29. The van der Waals surface area contributed by atoms with Crippen LogP contribution in [0.2, 0.25) is 0 Å². The number of benzene rings is 1. The van der Waals surface area contributed by atoms with Gasteiger partial charge in [-0.15, -0.1) is 0 Å². The number of nitrogens with zero attached hydrogens (tertiary/aromatic N) is 1. The first-order valence-corrected chi connectivity index (χ1v) is 7.61. The molecule has 20 heavy (non-hydrogen) atoms. The predicted molar refractivity (Wildman–Crippen MR) is 84.2 cm³/mol. The fourth-order valence-corrected chi connectivity index (χ4v) is 3.10. The molecule has 1 N–H and O–H groups in total. The van der Waals surface area contributed by atoms with Gasteiger partial charge in [-0.2, -0.15) is 0 Å². The Morgan fingerprint density at radius 1 is 1.35 bits per heavy atom. The van der Waals surface area contributed by atoms with Gasteiger partial charge in [-0.05, 0) is 50.9 Å². The Bertz CT molecular complexity index is 435. The van der Waals surface area contributed by atoms with Crippen LogP contribution >= 0.6 is 0 Å². The summed E-state index contributed by atoms with van der Waals surface area (Å²) in [6, 6.07) is 9.95. The Balaban J connectivity index is 2.01. The SMILES string of the molecule is COc1cccc([C@H](C)NC2CC(C)N(C)CC2C)c1. The summed E-state index contributed by atoms with van der Waals surface area (Å²) in [5, 5.41) is 3.80. The third kappa shape index (κ3) is 3.53. The second kappa shape index (κ2) is 6.59. The Hall–Kier alpha value is -1.06. The van der Waals surface area contributed by atoms with Gasteiger partial charge < -0.3 is 15.0 Å². The zero-order chi connectivity index (χ0) is 14.7. The van der Waals surface area contributed by atoms with E-state index in [4.69, 9.17) is 4.74 Å². The molecule has 1 saturated heterocycles. The van der Waals surface area contributed by atoms with Gasteiger partial charge in [0.25, 0.3) is 0 Å². The number of methoxy groups -OCH3 is 1. The summed E-state index contributed by atoms with van der Waals surface area (Å²) in [4.78, 5) is 2.46. The molecule has 2 rings (SSSR count). The second-order valence-corrected chi connectivity index (χ2v) is 6.27. The molecule has 1 fully saturated rings. The number of likely N-dealkylation sites (tertiary alicyclic amines) is 1. The van der Waals surface area contributed by atoms with Crippen molar-refractivity contribution < 1.29 is 4.74 Å². The van der Waals surface area contributed by atoms with Crippen LogP contribution in [-0.4, -0.2) is 37.7 Å². The van der Waals surface area contributed by atoms with Crippen molar-refractivity contribution in [3.8, 4) is 5.75 Å². The summed E-state index contributed by atoms with van der Waals surface area (Å²) in [6.45, 7) is 8.07. The highest BCUT2D eigenvalue weighted by Crippen LogP contribution is 2.25. The highest BCUT2D eigenvalue weighted by atomic mass is 16.5. The minimum Gasteiger partial charge on any atom is -0.497 e. The molecule has 1 heterocycles. The van der Waals surface area contributed by atoms with Crippen LogP contribution in [0.5, 0.6) is 5.75 Å². The molecular weight excluding hydrogens is 248 g/mol. The molecule has 3 unspecified atom stereocenters. The molecule has 0 aromatic heterocycles. The van der Waals surface area contributed by atoms with Crippen LogP contribution in [0.3, 0.4) is 0 Å². The van der Waals surface area contributed by atoms with E-state index in [1.165, 1.54) is 18.5 Å². The highest BCUT2D eigenvalue weighted by Gasteiger charge is 2.29. The maximum Gasteiger partial charge on any atom is 0.119 e. The molecule has 0 radical (unpaired) electrons. The largest absolute Gasteiger partial charge is 0.497 e. The van der Waals surface area contributed by atoms with Gasteiger partial charge in [0.05, 0.1) is 7.11 Å². The average Bonchev–Trinajstić information content (AvgIpc) is 2.44. The maximum absolute atomic E-state index is 5.31. The van der Waals surface area contributed by atoms with Gasteiger partial charge in [0.15, 0.2) is 0 Å². The molecule has 3 heteroatoms. The lowest BCUT2D eigenvalue weighted by Crippen LogP contribution is -2.51. The molecular formula is C17H28N2O. The Morgan fingerprint density at radius 2 is 2.10 bits per heavy atom. The number of nitrogens with one attached hydrogen (secondary N) is 1. The second-order valence-electron chi connectivity index (χ2n) is 6.27. The highest BCUT2D eigenvalue weighted by molar-refractivity contribution is 5.30. The van der Waals surface area contributed by atoms with Crippen LogP contribution in [0.15, 0.2) is 24.3 Å². The van der Waals surface area contributed by atoms with E-state index in [1.54, 1.807) is 7.11 Å². The number of piperidine rings is 1. The Kier molecular flexibility index (Phi) is 5.06. The standard InChI is InChI=1S/C17H28N2O/c1-12-11-19(4)13(2)9-17(12)18-14(3)15-7-6-8-16(10-15)20-5/h6-8,10,12-14,17-18H,9,11H2,1-5H3/t12?,13?,14-,17?/m0/s1. The van der Waals surface area contributed by atoms with Crippen molar-refractivity contribution >= 4 is 0 Å². The van der Waals surface area contributed by atoms with Crippen LogP contribution in [0.1, 0.15) is 38.8 Å². The van der Waals surface area contributed by atoms with Crippen molar-refractivity contribution in [2.24, 2.45) is 5.92 Å². The first-order chi connectivity index (χ1) is 9.51. The van der Waals surface area contributed by atoms with Crippen molar-refractivity contribution in [1.82, 2.24) is 10.2 Å². The molecule has 1 aromatic rings. The Labute approximate surface area is 123 Å². The number of ether oxygens (including phenoxy) is 1. The van der Waals surface area contributed by atoms with Crippen molar-refractivity contribution in [2.75, 3.05) is 20.7 Å². The molecule has 1 aromatic carbocycles. The molecule has 0 saturated carbocycles. The normalized spacial score (nSPS) is 29.1. The lowest BCUT2D eigenvalue weighted by molar-refractivity contribution is 0.116. The molecule has 0 amide bonds. The summed E-state index contributed by atoms with van der Waals surface area (Å²) < 4.78 is 5.31. The molecule has 0 aliphatic carbocycles. The van der Waals surface area contributed by atoms with E-state index in [2.05, 4.69) is 56.2 Å². The quantitative estimate of drug-likeness (QED) is 0.914. The van der Waals surface area contributed by atoms with Crippen LogP contribution in [0, 0.1) is 5.92 Å². The van der Waals surface area contributed by atoms with Gasteiger partial charge in [-0.3, -0.25) is 0 Å². The van der Waals surface area contributed by atoms with Gasteiger partial charge >= 0.3 is 0 Å². The van der Waals surface area contributed by atoms with Crippen LogP contribution < -0.4 is 10.1 Å². The number of hydrogen-bond donors (Lipinski definition) is 1. The molecule has 1 aliphatic rings. The fourth-order valence-electron chi connectivity index (χ4n) is 3.10. The predicted octanol–water partition coefficient (Wildman–Crippen LogP) is 3.07. The maximum atomic E-state index is 5.31. The molecule has 0 spiro atoms. The minimum absolute atomic E-state index is 0.355. The third-order valence-corrected chi connectivity index (χ3v) is 4.67. The van der Waals surface area contributed by atoms with Crippen LogP contribution in [0.25, 0.3) is 0 Å². The van der Waals surface area contributed by atoms with Crippen molar-refractivity contribution in [1.29, 1.82) is 0 Å². The lowest BCUT2D eigenvalue weighted by Gasteiger charge is -2.41.